The molecule has 0 heterocycles. The third-order valence-electron chi connectivity index (χ3n) is 3.21. The summed E-state index contributed by atoms with van der Waals surface area (Å²) >= 11 is 0. The van der Waals surface area contributed by atoms with Crippen molar-refractivity contribution in [2.24, 2.45) is 5.92 Å². The molecule has 120 valence electrons. The summed E-state index contributed by atoms with van der Waals surface area (Å²) in [7, 11) is 0. The van der Waals surface area contributed by atoms with Crippen LogP contribution in [0.5, 0.6) is 0 Å². The molecule has 1 rings (SSSR count). The van der Waals surface area contributed by atoms with Crippen molar-refractivity contribution in [2.45, 2.75) is 33.2 Å². The third-order valence-corrected chi connectivity index (χ3v) is 3.21. The summed E-state index contributed by atoms with van der Waals surface area (Å²) in [6.45, 7) is 5.00. The minimum absolute atomic E-state index is 0.186. The Balaban J connectivity index is 2.71. The lowest BCUT2D eigenvalue weighted by atomic mass is 9.99. The number of amides is 3. The van der Waals surface area contributed by atoms with Crippen molar-refractivity contribution < 1.29 is 19.5 Å². The Morgan fingerprint density at radius 2 is 1.77 bits per heavy atom. The van der Waals surface area contributed by atoms with Crippen LogP contribution in [0.3, 0.4) is 0 Å². The van der Waals surface area contributed by atoms with Crippen LogP contribution in [0.4, 0.5) is 16.2 Å². The molecule has 0 aromatic heterocycles. The molecule has 2 atom stereocenters. The number of carbonyl (C=O) groups excluding carboxylic acids is 2. The number of hydrogen-bond acceptors (Lipinski definition) is 3. The quantitative estimate of drug-likeness (QED) is 0.646. The van der Waals surface area contributed by atoms with Crippen LogP contribution < -0.4 is 16.0 Å². The van der Waals surface area contributed by atoms with Gasteiger partial charge in [0.25, 0.3) is 0 Å². The maximum atomic E-state index is 11.9. The molecule has 0 spiro atoms. The topological polar surface area (TPSA) is 108 Å². The zero-order valence-corrected chi connectivity index (χ0v) is 12.8. The van der Waals surface area contributed by atoms with Gasteiger partial charge in [0.15, 0.2) is 0 Å². The van der Waals surface area contributed by atoms with Gasteiger partial charge in [0.1, 0.15) is 6.04 Å². The molecular weight excluding hydrogens is 286 g/mol. The molecule has 0 aliphatic carbocycles. The molecule has 4 N–H and O–H groups in total. The Kier molecular flexibility index (Phi) is 6.37. The summed E-state index contributed by atoms with van der Waals surface area (Å²) in [4.78, 5) is 34.1. The van der Waals surface area contributed by atoms with Gasteiger partial charge in [-0.2, -0.15) is 0 Å². The number of carbonyl (C=O) groups is 3. The number of benzene rings is 1. The molecule has 0 radical (unpaired) electrons. The first-order valence-electron chi connectivity index (χ1n) is 7.01. The van der Waals surface area contributed by atoms with Gasteiger partial charge in [0, 0.05) is 18.3 Å². The monoisotopic (exact) mass is 307 g/mol. The van der Waals surface area contributed by atoms with Gasteiger partial charge in [-0.1, -0.05) is 26.3 Å². The molecule has 1 aromatic rings. The maximum absolute atomic E-state index is 11.9. The first-order chi connectivity index (χ1) is 10.3. The fourth-order valence-electron chi connectivity index (χ4n) is 1.87. The van der Waals surface area contributed by atoms with Crippen molar-refractivity contribution in [1.82, 2.24) is 5.32 Å². The standard InChI is InChI=1S/C15H21N3O4/c1-4-9(2)13(14(20)21)18-15(22)17-12-7-5-6-11(8-12)16-10(3)19/h5-9,13H,4H2,1-3H3,(H,16,19)(H,20,21)(H2,17,18,22). The number of nitrogens with one attached hydrogen (secondary N) is 3. The SMILES string of the molecule is CCC(C)C(NC(=O)Nc1cccc(NC(C)=O)c1)C(=O)O. The summed E-state index contributed by atoms with van der Waals surface area (Å²) in [6, 6.07) is 5.02. The van der Waals surface area contributed by atoms with Crippen LogP contribution in [-0.2, 0) is 9.59 Å². The predicted molar refractivity (Wildman–Crippen MR) is 83.8 cm³/mol. The van der Waals surface area contributed by atoms with E-state index in [0.29, 0.717) is 17.8 Å². The van der Waals surface area contributed by atoms with E-state index in [-0.39, 0.29) is 11.8 Å². The van der Waals surface area contributed by atoms with Crippen LogP contribution >= 0.6 is 0 Å². The molecule has 0 saturated carbocycles. The highest BCUT2D eigenvalue weighted by Crippen LogP contribution is 2.15. The van der Waals surface area contributed by atoms with Crippen molar-refractivity contribution in [3.05, 3.63) is 24.3 Å². The van der Waals surface area contributed by atoms with E-state index in [2.05, 4.69) is 16.0 Å². The van der Waals surface area contributed by atoms with E-state index in [1.165, 1.54) is 6.92 Å². The number of anilines is 2. The van der Waals surface area contributed by atoms with Gasteiger partial charge in [0.2, 0.25) is 5.91 Å². The van der Waals surface area contributed by atoms with Gasteiger partial charge in [-0.15, -0.1) is 0 Å². The van der Waals surface area contributed by atoms with Crippen LogP contribution in [-0.4, -0.2) is 29.1 Å². The molecule has 0 bridgehead atoms. The van der Waals surface area contributed by atoms with Crippen molar-refractivity contribution in [3.63, 3.8) is 0 Å². The molecule has 0 aliphatic heterocycles. The van der Waals surface area contributed by atoms with Crippen molar-refractivity contribution >= 4 is 29.3 Å². The van der Waals surface area contributed by atoms with Crippen molar-refractivity contribution in [3.8, 4) is 0 Å². The molecule has 1 aromatic carbocycles. The van der Waals surface area contributed by atoms with E-state index in [1.54, 1.807) is 31.2 Å². The highest BCUT2D eigenvalue weighted by atomic mass is 16.4. The molecular formula is C15H21N3O4. The van der Waals surface area contributed by atoms with Crippen LogP contribution in [0.25, 0.3) is 0 Å². The van der Waals surface area contributed by atoms with E-state index in [0.717, 1.165) is 0 Å². The third kappa shape index (κ3) is 5.43. The van der Waals surface area contributed by atoms with Gasteiger partial charge >= 0.3 is 12.0 Å². The number of aliphatic carboxylic acids is 1. The zero-order chi connectivity index (χ0) is 16.7. The molecule has 7 nitrogen and oxygen atoms in total. The first kappa shape index (κ1) is 17.5. The molecule has 2 unspecified atom stereocenters. The predicted octanol–water partition coefficient (Wildman–Crippen LogP) is 2.27. The van der Waals surface area contributed by atoms with Crippen LogP contribution in [0.1, 0.15) is 27.2 Å². The average molecular weight is 307 g/mol. The second kappa shape index (κ2) is 8.02. The molecule has 0 fully saturated rings. The summed E-state index contributed by atoms with van der Waals surface area (Å²) in [5.41, 5.74) is 0.999. The summed E-state index contributed by atoms with van der Waals surface area (Å²) in [5.74, 6) is -1.48. The summed E-state index contributed by atoms with van der Waals surface area (Å²) in [6.07, 6.45) is 0.634. The lowest BCUT2D eigenvalue weighted by Gasteiger charge is -2.20. The number of rotatable bonds is 6. The van der Waals surface area contributed by atoms with Crippen LogP contribution in [0.2, 0.25) is 0 Å². The molecule has 22 heavy (non-hydrogen) atoms. The normalized spacial score (nSPS) is 12.9. The zero-order valence-electron chi connectivity index (χ0n) is 12.8. The van der Waals surface area contributed by atoms with Gasteiger partial charge < -0.3 is 21.1 Å². The van der Waals surface area contributed by atoms with E-state index >= 15 is 0 Å². The van der Waals surface area contributed by atoms with E-state index in [4.69, 9.17) is 5.11 Å². The largest absolute Gasteiger partial charge is 0.480 e. The average Bonchev–Trinajstić information content (AvgIpc) is 2.43. The highest BCUT2D eigenvalue weighted by Gasteiger charge is 2.25. The van der Waals surface area contributed by atoms with Crippen molar-refractivity contribution in [1.29, 1.82) is 0 Å². The van der Waals surface area contributed by atoms with Crippen LogP contribution in [0.15, 0.2) is 24.3 Å². The second-order valence-corrected chi connectivity index (χ2v) is 5.06. The molecule has 0 saturated heterocycles. The number of urea groups is 1. The van der Waals surface area contributed by atoms with Gasteiger partial charge in [-0.05, 0) is 24.1 Å². The fourth-order valence-corrected chi connectivity index (χ4v) is 1.87. The second-order valence-electron chi connectivity index (χ2n) is 5.06. The van der Waals surface area contributed by atoms with E-state index < -0.39 is 18.0 Å². The Morgan fingerprint density at radius 1 is 1.18 bits per heavy atom. The lowest BCUT2D eigenvalue weighted by molar-refractivity contribution is -0.140. The van der Waals surface area contributed by atoms with Crippen LogP contribution in [0, 0.1) is 5.92 Å². The fraction of sp³-hybridized carbons (Fsp3) is 0.400. The minimum atomic E-state index is -1.07. The van der Waals surface area contributed by atoms with Gasteiger partial charge in [-0.3, -0.25) is 4.79 Å². The summed E-state index contributed by atoms with van der Waals surface area (Å²) < 4.78 is 0. The molecule has 3 amide bonds. The lowest BCUT2D eigenvalue weighted by Crippen LogP contribution is -2.46. The van der Waals surface area contributed by atoms with E-state index in [1.807, 2.05) is 6.92 Å². The smallest absolute Gasteiger partial charge is 0.326 e. The van der Waals surface area contributed by atoms with Crippen molar-refractivity contribution in [2.75, 3.05) is 10.6 Å². The Labute approximate surface area is 129 Å². The minimum Gasteiger partial charge on any atom is -0.480 e. The Hall–Kier alpha value is -2.57. The van der Waals surface area contributed by atoms with Gasteiger partial charge in [0.05, 0.1) is 0 Å². The first-order valence-corrected chi connectivity index (χ1v) is 7.01. The number of hydrogen-bond donors (Lipinski definition) is 4. The maximum Gasteiger partial charge on any atom is 0.326 e. The summed E-state index contributed by atoms with van der Waals surface area (Å²) in [5, 5.41) is 16.7. The Morgan fingerprint density at radius 3 is 2.27 bits per heavy atom. The number of carboxylic acids is 1. The van der Waals surface area contributed by atoms with E-state index in [9.17, 15) is 14.4 Å². The molecule has 7 heteroatoms. The number of carboxylic acid groups (broad SMARTS) is 1. The van der Waals surface area contributed by atoms with Gasteiger partial charge in [-0.25, -0.2) is 9.59 Å². The molecule has 0 aliphatic rings. The highest BCUT2D eigenvalue weighted by molar-refractivity contribution is 5.94. The Bertz CT molecular complexity index is 559.